The van der Waals surface area contributed by atoms with Crippen LogP contribution in [-0.2, 0) is 9.47 Å². The lowest BCUT2D eigenvalue weighted by Crippen LogP contribution is -2.22. The molecule has 1 unspecified atom stereocenters. The molecule has 1 aromatic rings. The van der Waals surface area contributed by atoms with Gasteiger partial charge in [0.15, 0.2) is 0 Å². The van der Waals surface area contributed by atoms with Gasteiger partial charge >= 0.3 is 6.16 Å². The first kappa shape index (κ1) is 13.2. The molecule has 1 aliphatic rings. The molecule has 0 spiro atoms. The minimum atomic E-state index is -0.653. The summed E-state index contributed by atoms with van der Waals surface area (Å²) in [4.78, 5) is 11.2. The first-order valence-corrected chi connectivity index (χ1v) is 6.31. The number of methoxy groups -OCH3 is 1. The maximum Gasteiger partial charge on any atom is 0.508 e. The topological polar surface area (TPSA) is 35.5 Å². The van der Waals surface area contributed by atoms with Gasteiger partial charge in [0.2, 0.25) is 0 Å². The van der Waals surface area contributed by atoms with Crippen LogP contribution in [0.4, 0.5) is 4.79 Å². The van der Waals surface area contributed by atoms with Crippen LogP contribution in [0.2, 0.25) is 0 Å². The third-order valence-corrected chi connectivity index (χ3v) is 2.91. The van der Waals surface area contributed by atoms with Crippen LogP contribution in [0.25, 0.3) is 0 Å². The number of ether oxygens (including phenoxy) is 2. The van der Waals surface area contributed by atoms with Gasteiger partial charge in [-0.1, -0.05) is 36.1 Å². The Kier molecular flexibility index (Phi) is 4.63. The molecule has 0 aromatic heterocycles. The molecule has 2 rings (SSSR count). The van der Waals surface area contributed by atoms with Crippen molar-refractivity contribution >= 4 is 6.16 Å². The highest BCUT2D eigenvalue weighted by Crippen LogP contribution is 2.21. The maximum absolute atomic E-state index is 11.2. The van der Waals surface area contributed by atoms with E-state index in [1.165, 1.54) is 7.11 Å². The van der Waals surface area contributed by atoms with Crippen LogP contribution in [-0.4, -0.2) is 19.4 Å². The second kappa shape index (κ2) is 6.65. The Hall–Kier alpha value is -2.21. The zero-order chi connectivity index (χ0) is 13.5. The summed E-state index contributed by atoms with van der Waals surface area (Å²) < 4.78 is 9.74. The van der Waals surface area contributed by atoms with Crippen molar-refractivity contribution < 1.29 is 14.3 Å². The van der Waals surface area contributed by atoms with Crippen LogP contribution in [0, 0.1) is 11.8 Å². The molecule has 0 saturated carbocycles. The Balaban J connectivity index is 2.11. The number of benzene rings is 1. The van der Waals surface area contributed by atoms with E-state index in [-0.39, 0.29) is 6.10 Å². The molecule has 0 fully saturated rings. The summed E-state index contributed by atoms with van der Waals surface area (Å²) in [5, 5.41) is 0. The quantitative estimate of drug-likeness (QED) is 0.571. The molecule has 1 atom stereocenters. The first-order valence-electron chi connectivity index (χ1n) is 6.31. The fourth-order valence-corrected chi connectivity index (χ4v) is 1.93. The number of rotatable bonds is 1. The zero-order valence-electron chi connectivity index (χ0n) is 10.9. The molecular weight excluding hydrogens is 240 g/mol. The maximum atomic E-state index is 11.2. The average molecular weight is 256 g/mol. The van der Waals surface area contributed by atoms with Crippen LogP contribution >= 0.6 is 0 Å². The molecule has 0 saturated heterocycles. The van der Waals surface area contributed by atoms with E-state index in [0.29, 0.717) is 0 Å². The third-order valence-electron chi connectivity index (χ3n) is 2.91. The minimum absolute atomic E-state index is 0.280. The van der Waals surface area contributed by atoms with Crippen LogP contribution in [0.5, 0.6) is 0 Å². The van der Waals surface area contributed by atoms with E-state index in [4.69, 9.17) is 4.74 Å². The third kappa shape index (κ3) is 3.89. The lowest BCUT2D eigenvalue weighted by Gasteiger charge is -2.20. The van der Waals surface area contributed by atoms with Gasteiger partial charge in [0, 0.05) is 11.1 Å². The summed E-state index contributed by atoms with van der Waals surface area (Å²) in [6, 6.07) is 9.75. The van der Waals surface area contributed by atoms with Gasteiger partial charge in [-0.15, -0.1) is 0 Å². The van der Waals surface area contributed by atoms with Crippen LogP contribution < -0.4 is 0 Å². The molecule has 0 aliphatic heterocycles. The van der Waals surface area contributed by atoms with Crippen LogP contribution in [0.1, 0.15) is 24.8 Å². The highest BCUT2D eigenvalue weighted by atomic mass is 16.7. The van der Waals surface area contributed by atoms with Crippen LogP contribution in [0.15, 0.2) is 42.0 Å². The Morgan fingerprint density at radius 3 is 2.79 bits per heavy atom. The van der Waals surface area contributed by atoms with Gasteiger partial charge in [0.1, 0.15) is 6.10 Å². The predicted molar refractivity (Wildman–Crippen MR) is 72.5 cm³/mol. The van der Waals surface area contributed by atoms with Crippen molar-refractivity contribution in [3.63, 3.8) is 0 Å². The molecule has 1 aromatic carbocycles. The molecule has 19 heavy (non-hydrogen) atoms. The van der Waals surface area contributed by atoms with E-state index < -0.39 is 6.16 Å². The summed E-state index contributed by atoms with van der Waals surface area (Å²) in [7, 11) is 1.31. The molecule has 0 N–H and O–H groups in total. The predicted octanol–water partition coefficient (Wildman–Crippen LogP) is 3.30. The van der Waals surface area contributed by atoms with Crippen molar-refractivity contribution in [1.82, 2.24) is 0 Å². The number of carbonyl (C=O) groups excluding carboxylic acids is 1. The molecule has 3 heteroatoms. The normalized spacial score (nSPS) is 17.7. The van der Waals surface area contributed by atoms with E-state index >= 15 is 0 Å². The summed E-state index contributed by atoms with van der Waals surface area (Å²) >= 11 is 0. The van der Waals surface area contributed by atoms with Crippen molar-refractivity contribution in [3.05, 3.63) is 47.5 Å². The summed E-state index contributed by atoms with van der Waals surface area (Å²) in [6.07, 6.45) is 3.87. The second-order valence-electron chi connectivity index (χ2n) is 4.27. The summed E-state index contributed by atoms with van der Waals surface area (Å²) in [5.74, 6) is 6.18. The summed E-state index contributed by atoms with van der Waals surface area (Å²) in [5.41, 5.74) is 1.81. The van der Waals surface area contributed by atoms with Gasteiger partial charge < -0.3 is 9.47 Å². The van der Waals surface area contributed by atoms with Crippen molar-refractivity contribution in [1.29, 1.82) is 0 Å². The molecule has 98 valence electrons. The van der Waals surface area contributed by atoms with Gasteiger partial charge in [-0.2, -0.15) is 0 Å². The molecule has 0 amide bonds. The van der Waals surface area contributed by atoms with E-state index in [0.717, 1.165) is 30.4 Å². The second-order valence-corrected chi connectivity index (χ2v) is 4.27. The summed E-state index contributed by atoms with van der Waals surface area (Å²) in [6.45, 7) is 0. The Labute approximate surface area is 113 Å². The van der Waals surface area contributed by atoms with E-state index in [1.54, 1.807) is 0 Å². The number of carbonyl (C=O) groups is 1. The molecule has 1 aliphatic carbocycles. The number of allylic oxidation sites excluding steroid dienone is 1. The van der Waals surface area contributed by atoms with Gasteiger partial charge in [0.05, 0.1) is 7.11 Å². The van der Waals surface area contributed by atoms with Crippen molar-refractivity contribution in [2.24, 2.45) is 0 Å². The van der Waals surface area contributed by atoms with Crippen molar-refractivity contribution in [2.75, 3.05) is 7.11 Å². The fraction of sp³-hybridized carbons (Fsp3) is 0.312. The molecule has 0 heterocycles. The first-order chi connectivity index (χ1) is 9.29. The standard InChI is InChI=1S/C16H16O3/c1-18-16(17)19-15-10-6-5-9-14(15)12-11-13-7-3-2-4-8-13/h2-4,7-9,15H,5-6,10H2,1H3. The SMILES string of the molecule is COC(=O)OC1CCCC=C1C#Cc1ccccc1. The Morgan fingerprint density at radius 1 is 1.26 bits per heavy atom. The largest absolute Gasteiger partial charge is 0.508 e. The van der Waals surface area contributed by atoms with Gasteiger partial charge in [0.25, 0.3) is 0 Å². The fourth-order valence-electron chi connectivity index (χ4n) is 1.93. The highest BCUT2D eigenvalue weighted by Gasteiger charge is 2.20. The number of hydrogen-bond acceptors (Lipinski definition) is 3. The number of hydrogen-bond donors (Lipinski definition) is 0. The zero-order valence-corrected chi connectivity index (χ0v) is 10.9. The van der Waals surface area contributed by atoms with E-state index in [2.05, 4.69) is 16.6 Å². The van der Waals surface area contributed by atoms with Crippen LogP contribution in [0.3, 0.4) is 0 Å². The lowest BCUT2D eigenvalue weighted by atomic mass is 9.96. The molecule has 0 radical (unpaired) electrons. The Bertz CT molecular complexity index is 520. The smallest absolute Gasteiger partial charge is 0.438 e. The van der Waals surface area contributed by atoms with Crippen molar-refractivity contribution in [3.8, 4) is 11.8 Å². The molecular formula is C16H16O3. The lowest BCUT2D eigenvalue weighted by molar-refractivity contribution is 0.0457. The van der Waals surface area contributed by atoms with Gasteiger partial charge in [-0.25, -0.2) is 4.79 Å². The molecule has 3 nitrogen and oxygen atoms in total. The molecule has 0 bridgehead atoms. The Morgan fingerprint density at radius 2 is 2.05 bits per heavy atom. The van der Waals surface area contributed by atoms with E-state index in [1.807, 2.05) is 36.4 Å². The average Bonchev–Trinajstić information content (AvgIpc) is 2.47. The highest BCUT2D eigenvalue weighted by molar-refractivity contribution is 5.60. The monoisotopic (exact) mass is 256 g/mol. The van der Waals surface area contributed by atoms with E-state index in [9.17, 15) is 4.79 Å². The van der Waals surface area contributed by atoms with Gasteiger partial charge in [-0.3, -0.25) is 0 Å². The van der Waals surface area contributed by atoms with Gasteiger partial charge in [-0.05, 0) is 31.4 Å². The van der Waals surface area contributed by atoms with Crippen molar-refractivity contribution in [2.45, 2.75) is 25.4 Å². The minimum Gasteiger partial charge on any atom is -0.438 e.